The molecule has 78 valence electrons. The van der Waals surface area contributed by atoms with Gasteiger partial charge in [0.1, 0.15) is 5.82 Å². The largest absolute Gasteiger partial charge is 0.396 e. The smallest absolute Gasteiger partial charge is 0.127 e. The average molecular weight is 195 g/mol. The number of rotatable bonds is 3. The first-order chi connectivity index (χ1) is 6.85. The molecule has 1 unspecified atom stereocenters. The van der Waals surface area contributed by atoms with Gasteiger partial charge in [-0.3, -0.25) is 0 Å². The zero-order valence-electron chi connectivity index (χ0n) is 8.53. The molecular formula is C10H17N3O. The van der Waals surface area contributed by atoms with Gasteiger partial charge in [0.15, 0.2) is 0 Å². The third-order valence-corrected chi connectivity index (χ3v) is 2.82. The van der Waals surface area contributed by atoms with Gasteiger partial charge in [0, 0.05) is 25.3 Å². The second-order valence-corrected chi connectivity index (χ2v) is 3.81. The zero-order valence-corrected chi connectivity index (χ0v) is 8.53. The molecule has 0 bridgehead atoms. The lowest BCUT2D eigenvalue weighted by molar-refractivity contribution is 0.244. The summed E-state index contributed by atoms with van der Waals surface area (Å²) in [4.78, 5) is 0. The van der Waals surface area contributed by atoms with Gasteiger partial charge >= 0.3 is 0 Å². The molecular weight excluding hydrogens is 178 g/mol. The van der Waals surface area contributed by atoms with E-state index in [1.54, 1.807) is 0 Å². The molecule has 0 aromatic carbocycles. The fourth-order valence-electron chi connectivity index (χ4n) is 1.95. The number of aryl methyl sites for hydroxylation is 1. The average Bonchev–Trinajstić information content (AvgIpc) is 2.60. The molecule has 2 rings (SSSR count). The van der Waals surface area contributed by atoms with Crippen molar-refractivity contribution in [1.82, 2.24) is 9.78 Å². The summed E-state index contributed by atoms with van der Waals surface area (Å²) in [5.74, 6) is 1.68. The van der Waals surface area contributed by atoms with Crippen LogP contribution in [-0.2, 0) is 13.0 Å². The molecule has 0 saturated heterocycles. The van der Waals surface area contributed by atoms with Crippen LogP contribution in [0.2, 0.25) is 0 Å². The lowest BCUT2D eigenvalue weighted by Gasteiger charge is -2.25. The maximum atomic E-state index is 8.86. The molecule has 0 radical (unpaired) electrons. The maximum absolute atomic E-state index is 8.86. The van der Waals surface area contributed by atoms with Crippen molar-refractivity contribution >= 4 is 5.82 Å². The molecule has 0 spiro atoms. The van der Waals surface area contributed by atoms with Crippen LogP contribution in [0.25, 0.3) is 0 Å². The monoisotopic (exact) mass is 195 g/mol. The number of anilines is 1. The van der Waals surface area contributed by atoms with E-state index in [0.717, 1.165) is 25.9 Å². The van der Waals surface area contributed by atoms with E-state index in [0.29, 0.717) is 5.92 Å². The van der Waals surface area contributed by atoms with Crippen LogP contribution >= 0.6 is 0 Å². The van der Waals surface area contributed by atoms with Crippen molar-refractivity contribution in [3.05, 3.63) is 11.8 Å². The Hall–Kier alpha value is -1.03. The van der Waals surface area contributed by atoms with E-state index < -0.39 is 0 Å². The minimum atomic E-state index is 0.267. The van der Waals surface area contributed by atoms with Crippen molar-refractivity contribution < 1.29 is 5.11 Å². The van der Waals surface area contributed by atoms with Gasteiger partial charge < -0.3 is 10.4 Å². The molecule has 2 N–H and O–H groups in total. The molecule has 2 heterocycles. The molecule has 0 saturated carbocycles. The van der Waals surface area contributed by atoms with Crippen LogP contribution in [-0.4, -0.2) is 28.0 Å². The van der Waals surface area contributed by atoms with E-state index in [1.807, 2.05) is 10.9 Å². The topological polar surface area (TPSA) is 50.1 Å². The Bertz CT molecular complexity index is 308. The van der Waals surface area contributed by atoms with E-state index >= 15 is 0 Å². The summed E-state index contributed by atoms with van der Waals surface area (Å²) in [6.07, 6.45) is 3.81. The molecule has 4 nitrogen and oxygen atoms in total. The molecule has 1 aliphatic rings. The van der Waals surface area contributed by atoms with Crippen molar-refractivity contribution in [2.45, 2.75) is 26.3 Å². The molecule has 1 aromatic rings. The molecule has 4 heteroatoms. The number of hydrogen-bond acceptors (Lipinski definition) is 3. The number of aliphatic hydroxyl groups is 1. The molecule has 0 amide bonds. The van der Waals surface area contributed by atoms with Crippen molar-refractivity contribution in [2.75, 3.05) is 18.5 Å². The summed E-state index contributed by atoms with van der Waals surface area (Å²) in [5.41, 5.74) is 1.28. The number of aliphatic hydroxyl groups excluding tert-OH is 1. The van der Waals surface area contributed by atoms with Crippen LogP contribution in [0.1, 0.15) is 18.9 Å². The van der Waals surface area contributed by atoms with Crippen LogP contribution in [0.15, 0.2) is 6.20 Å². The van der Waals surface area contributed by atoms with Crippen molar-refractivity contribution in [1.29, 1.82) is 0 Å². The number of nitrogens with one attached hydrogen (secondary N) is 1. The van der Waals surface area contributed by atoms with Crippen LogP contribution < -0.4 is 5.32 Å². The van der Waals surface area contributed by atoms with E-state index in [4.69, 9.17) is 5.11 Å². The number of nitrogens with zero attached hydrogens (tertiary/aromatic N) is 2. The van der Waals surface area contributed by atoms with E-state index in [-0.39, 0.29) is 6.61 Å². The Labute approximate surface area is 83.9 Å². The van der Waals surface area contributed by atoms with Crippen molar-refractivity contribution in [3.8, 4) is 0 Å². The Morgan fingerprint density at radius 3 is 3.29 bits per heavy atom. The Morgan fingerprint density at radius 1 is 1.71 bits per heavy atom. The fourth-order valence-corrected chi connectivity index (χ4v) is 1.95. The molecule has 0 aliphatic carbocycles. The Balaban J connectivity index is 2.12. The highest BCUT2D eigenvalue weighted by Crippen LogP contribution is 2.23. The molecule has 0 fully saturated rings. The predicted molar refractivity (Wildman–Crippen MR) is 55.3 cm³/mol. The SMILES string of the molecule is CCc1cnn2c1NCC(CCO)C2. The minimum absolute atomic E-state index is 0.267. The van der Waals surface area contributed by atoms with Crippen molar-refractivity contribution in [3.63, 3.8) is 0 Å². The molecule has 14 heavy (non-hydrogen) atoms. The third kappa shape index (κ3) is 1.62. The normalized spacial score (nSPS) is 20.3. The van der Waals surface area contributed by atoms with Gasteiger partial charge in [0.25, 0.3) is 0 Å². The lowest BCUT2D eigenvalue weighted by Crippen LogP contribution is -2.28. The quantitative estimate of drug-likeness (QED) is 0.752. The first-order valence-electron chi connectivity index (χ1n) is 5.24. The summed E-state index contributed by atoms with van der Waals surface area (Å²) in [7, 11) is 0. The van der Waals surface area contributed by atoms with Gasteiger partial charge in [-0.25, -0.2) is 4.68 Å². The lowest BCUT2D eigenvalue weighted by atomic mass is 10.0. The van der Waals surface area contributed by atoms with Gasteiger partial charge in [-0.15, -0.1) is 0 Å². The first kappa shape index (κ1) is 9.52. The number of aromatic nitrogens is 2. The first-order valence-corrected chi connectivity index (χ1v) is 5.24. The second kappa shape index (κ2) is 4.00. The second-order valence-electron chi connectivity index (χ2n) is 3.81. The summed E-state index contributed by atoms with van der Waals surface area (Å²) >= 11 is 0. The van der Waals surface area contributed by atoms with Crippen LogP contribution in [0.5, 0.6) is 0 Å². The number of hydrogen-bond donors (Lipinski definition) is 2. The summed E-state index contributed by atoms with van der Waals surface area (Å²) in [6.45, 7) is 4.30. The Morgan fingerprint density at radius 2 is 2.57 bits per heavy atom. The third-order valence-electron chi connectivity index (χ3n) is 2.82. The van der Waals surface area contributed by atoms with Gasteiger partial charge in [-0.1, -0.05) is 6.92 Å². The summed E-state index contributed by atoms with van der Waals surface area (Å²) < 4.78 is 2.02. The molecule has 1 atom stereocenters. The fraction of sp³-hybridized carbons (Fsp3) is 0.700. The van der Waals surface area contributed by atoms with Crippen LogP contribution in [0.4, 0.5) is 5.82 Å². The zero-order chi connectivity index (χ0) is 9.97. The van der Waals surface area contributed by atoms with E-state index in [2.05, 4.69) is 17.3 Å². The van der Waals surface area contributed by atoms with Gasteiger partial charge in [-0.2, -0.15) is 5.10 Å². The molecule has 1 aliphatic heterocycles. The predicted octanol–water partition coefficient (Wildman–Crippen LogP) is 0.870. The highest BCUT2D eigenvalue weighted by Gasteiger charge is 2.19. The van der Waals surface area contributed by atoms with E-state index in [1.165, 1.54) is 11.4 Å². The summed E-state index contributed by atoms with van der Waals surface area (Å²) in [5, 5.41) is 16.6. The van der Waals surface area contributed by atoms with E-state index in [9.17, 15) is 0 Å². The number of fused-ring (bicyclic) bond motifs is 1. The van der Waals surface area contributed by atoms with Gasteiger partial charge in [0.2, 0.25) is 0 Å². The van der Waals surface area contributed by atoms with Crippen molar-refractivity contribution in [2.24, 2.45) is 5.92 Å². The highest BCUT2D eigenvalue weighted by molar-refractivity contribution is 5.45. The molecule has 1 aromatic heterocycles. The van der Waals surface area contributed by atoms with Gasteiger partial charge in [-0.05, 0) is 18.8 Å². The maximum Gasteiger partial charge on any atom is 0.127 e. The highest BCUT2D eigenvalue weighted by atomic mass is 16.3. The van der Waals surface area contributed by atoms with Crippen LogP contribution in [0.3, 0.4) is 0 Å². The Kier molecular flexibility index (Phi) is 2.72. The minimum Gasteiger partial charge on any atom is -0.396 e. The van der Waals surface area contributed by atoms with Crippen LogP contribution in [0, 0.1) is 5.92 Å². The summed E-state index contributed by atoms with van der Waals surface area (Å²) in [6, 6.07) is 0. The standard InChI is InChI=1S/C10H17N3O/c1-2-9-6-12-13-7-8(3-4-14)5-11-10(9)13/h6,8,11,14H,2-5,7H2,1H3. The van der Waals surface area contributed by atoms with Gasteiger partial charge in [0.05, 0.1) is 6.20 Å².